The molecule has 0 aliphatic carbocycles. The lowest BCUT2D eigenvalue weighted by Gasteiger charge is -2.14. The smallest absolute Gasteiger partial charge is 0.256 e. The van der Waals surface area contributed by atoms with Gasteiger partial charge >= 0.3 is 0 Å². The third kappa shape index (κ3) is 4.52. The molecule has 0 bridgehead atoms. The summed E-state index contributed by atoms with van der Waals surface area (Å²) in [6.45, 7) is 7.79. The maximum Gasteiger partial charge on any atom is 0.256 e. The highest BCUT2D eigenvalue weighted by Crippen LogP contribution is 2.34. The molecule has 2 amide bonds. The van der Waals surface area contributed by atoms with Crippen LogP contribution in [-0.2, 0) is 4.79 Å². The molecule has 8 nitrogen and oxygen atoms in total. The number of carbonyl (C=O) groups excluding carboxylic acids is 2. The summed E-state index contributed by atoms with van der Waals surface area (Å²) in [4.78, 5) is 25.1. The predicted molar refractivity (Wildman–Crippen MR) is 119 cm³/mol. The Morgan fingerprint density at radius 1 is 1.13 bits per heavy atom. The highest BCUT2D eigenvalue weighted by atomic mass is 16.5. The van der Waals surface area contributed by atoms with Gasteiger partial charge in [0, 0.05) is 11.5 Å². The fraction of sp³-hybridized carbons (Fsp3) is 0.391. The number of benzene rings is 1. The Kier molecular flexibility index (Phi) is 6.89. The summed E-state index contributed by atoms with van der Waals surface area (Å²) in [7, 11) is 0. The van der Waals surface area contributed by atoms with E-state index in [0.717, 1.165) is 37.1 Å². The summed E-state index contributed by atoms with van der Waals surface area (Å²) in [5.74, 6) is -1.09. The van der Waals surface area contributed by atoms with Crippen LogP contribution >= 0.6 is 0 Å². The number of aryl methyl sites for hydroxylation is 1. The van der Waals surface area contributed by atoms with Crippen molar-refractivity contribution in [1.29, 1.82) is 0 Å². The predicted octanol–water partition coefficient (Wildman–Crippen LogP) is 4.40. The zero-order valence-corrected chi connectivity index (χ0v) is 18.4. The van der Waals surface area contributed by atoms with E-state index in [9.17, 15) is 9.59 Å². The molecule has 0 fully saturated rings. The number of hydrogen-bond donors (Lipinski definition) is 2. The number of anilines is 1. The molecule has 0 spiro atoms. The number of para-hydroxylation sites is 1. The fourth-order valence-corrected chi connectivity index (χ4v) is 3.90. The second-order valence-electron chi connectivity index (χ2n) is 7.66. The second-order valence-corrected chi connectivity index (χ2v) is 7.66. The molecule has 0 saturated carbocycles. The number of nitrogens with zero attached hydrogens (tertiary/aromatic N) is 3. The Bertz CT molecular complexity index is 1060. The Morgan fingerprint density at radius 3 is 2.35 bits per heavy atom. The van der Waals surface area contributed by atoms with Crippen LogP contribution < -0.4 is 11.1 Å². The number of amides is 2. The molecule has 1 aromatic carbocycles. The molecule has 3 aromatic rings. The molecule has 2 heterocycles. The standard InChI is InChI=1S/C23H29N5O3/c1-5-10-16(11-6-2)22(30)25-23-19(21(24)29)20(27-31-23)18-14(3)26-28(15(18)4)17-12-8-7-9-13-17/h7-9,12-13,16H,5-6,10-11H2,1-4H3,(H2,24,29)(H,25,30). The average molecular weight is 424 g/mol. The number of rotatable bonds is 9. The van der Waals surface area contributed by atoms with E-state index in [0.29, 0.717) is 11.3 Å². The molecule has 0 unspecified atom stereocenters. The van der Waals surface area contributed by atoms with E-state index < -0.39 is 5.91 Å². The highest BCUT2D eigenvalue weighted by Gasteiger charge is 2.29. The molecule has 0 atom stereocenters. The molecule has 0 radical (unpaired) electrons. The number of aromatic nitrogens is 3. The topological polar surface area (TPSA) is 116 Å². The van der Waals surface area contributed by atoms with Gasteiger partial charge in [0.15, 0.2) is 0 Å². The lowest BCUT2D eigenvalue weighted by Crippen LogP contribution is -2.24. The molecule has 31 heavy (non-hydrogen) atoms. The summed E-state index contributed by atoms with van der Waals surface area (Å²) in [6, 6.07) is 9.65. The molecule has 0 aliphatic rings. The normalized spacial score (nSPS) is 11.1. The Hall–Kier alpha value is -3.42. The van der Waals surface area contributed by atoms with Crippen LogP contribution in [0, 0.1) is 19.8 Å². The molecule has 3 N–H and O–H groups in total. The molecule has 0 saturated heterocycles. The Labute approximate surface area is 181 Å². The van der Waals surface area contributed by atoms with Crippen molar-refractivity contribution in [3.63, 3.8) is 0 Å². The summed E-state index contributed by atoms with van der Waals surface area (Å²) < 4.78 is 7.17. The van der Waals surface area contributed by atoms with Crippen LogP contribution in [0.15, 0.2) is 34.9 Å². The van der Waals surface area contributed by atoms with Gasteiger partial charge in [-0.05, 0) is 38.8 Å². The molecule has 2 aromatic heterocycles. The largest absolute Gasteiger partial charge is 0.365 e. The van der Waals surface area contributed by atoms with E-state index in [1.807, 2.05) is 58.0 Å². The van der Waals surface area contributed by atoms with Crippen molar-refractivity contribution < 1.29 is 14.1 Å². The molecular weight excluding hydrogens is 394 g/mol. The zero-order valence-electron chi connectivity index (χ0n) is 18.4. The number of primary amides is 1. The van der Waals surface area contributed by atoms with Crippen molar-refractivity contribution in [2.24, 2.45) is 11.7 Å². The molecule has 3 rings (SSSR count). The van der Waals surface area contributed by atoms with Gasteiger partial charge in [0.05, 0.1) is 17.1 Å². The number of nitrogens with two attached hydrogens (primary N) is 1. The number of hydrogen-bond acceptors (Lipinski definition) is 5. The highest BCUT2D eigenvalue weighted by molar-refractivity contribution is 6.06. The van der Waals surface area contributed by atoms with E-state index in [1.54, 1.807) is 4.68 Å². The van der Waals surface area contributed by atoms with Gasteiger partial charge in [0.1, 0.15) is 11.3 Å². The minimum atomic E-state index is -0.722. The Balaban J connectivity index is 2.01. The summed E-state index contributed by atoms with van der Waals surface area (Å²) in [5, 5.41) is 11.4. The second kappa shape index (κ2) is 9.59. The van der Waals surface area contributed by atoms with Crippen LogP contribution in [0.2, 0.25) is 0 Å². The van der Waals surface area contributed by atoms with Crippen molar-refractivity contribution in [1.82, 2.24) is 14.9 Å². The molecule has 164 valence electrons. The first-order chi connectivity index (χ1) is 14.9. The van der Waals surface area contributed by atoms with Gasteiger partial charge in [-0.1, -0.05) is 50.0 Å². The maximum absolute atomic E-state index is 12.8. The van der Waals surface area contributed by atoms with E-state index in [1.165, 1.54) is 0 Å². The van der Waals surface area contributed by atoms with Crippen LogP contribution in [0.25, 0.3) is 16.9 Å². The van der Waals surface area contributed by atoms with Gasteiger partial charge < -0.3 is 10.3 Å². The quantitative estimate of drug-likeness (QED) is 0.529. The van der Waals surface area contributed by atoms with Gasteiger partial charge in [-0.2, -0.15) is 5.10 Å². The van der Waals surface area contributed by atoms with Crippen LogP contribution in [0.1, 0.15) is 61.3 Å². The van der Waals surface area contributed by atoms with Crippen molar-refractivity contribution in [3.8, 4) is 16.9 Å². The summed E-state index contributed by atoms with van der Waals surface area (Å²) in [6.07, 6.45) is 3.29. The van der Waals surface area contributed by atoms with Gasteiger partial charge in [-0.25, -0.2) is 4.68 Å². The lowest BCUT2D eigenvalue weighted by molar-refractivity contribution is -0.120. The first kappa shape index (κ1) is 22.3. The fourth-order valence-electron chi connectivity index (χ4n) is 3.90. The van der Waals surface area contributed by atoms with Gasteiger partial charge in [0.25, 0.3) is 5.91 Å². The van der Waals surface area contributed by atoms with Crippen LogP contribution in [0.4, 0.5) is 5.88 Å². The number of carbonyl (C=O) groups is 2. The van der Waals surface area contributed by atoms with Crippen LogP contribution in [0.3, 0.4) is 0 Å². The van der Waals surface area contributed by atoms with Gasteiger partial charge in [-0.15, -0.1) is 0 Å². The summed E-state index contributed by atoms with van der Waals surface area (Å²) >= 11 is 0. The average Bonchev–Trinajstić information content (AvgIpc) is 3.28. The molecule has 0 aliphatic heterocycles. The Morgan fingerprint density at radius 2 is 1.77 bits per heavy atom. The SMILES string of the molecule is CCCC(CCC)C(=O)Nc1onc(-c2c(C)nn(-c3ccccc3)c2C)c1C(N)=O. The minimum Gasteiger partial charge on any atom is -0.365 e. The number of nitrogens with one attached hydrogen (secondary N) is 1. The third-order valence-electron chi connectivity index (χ3n) is 5.35. The van der Waals surface area contributed by atoms with E-state index >= 15 is 0 Å². The van der Waals surface area contributed by atoms with Gasteiger partial charge in [-0.3, -0.25) is 14.9 Å². The van der Waals surface area contributed by atoms with E-state index in [-0.39, 0.29) is 29.0 Å². The third-order valence-corrected chi connectivity index (χ3v) is 5.35. The molecule has 8 heteroatoms. The van der Waals surface area contributed by atoms with E-state index in [2.05, 4.69) is 15.6 Å². The van der Waals surface area contributed by atoms with Crippen molar-refractivity contribution in [2.75, 3.05) is 5.32 Å². The van der Waals surface area contributed by atoms with Crippen molar-refractivity contribution in [2.45, 2.75) is 53.4 Å². The monoisotopic (exact) mass is 423 g/mol. The van der Waals surface area contributed by atoms with Gasteiger partial charge in [0.2, 0.25) is 11.8 Å². The first-order valence-electron chi connectivity index (χ1n) is 10.6. The minimum absolute atomic E-state index is 0.0176. The van der Waals surface area contributed by atoms with Crippen LogP contribution in [0.5, 0.6) is 0 Å². The molecular formula is C23H29N5O3. The maximum atomic E-state index is 12.8. The first-order valence-corrected chi connectivity index (χ1v) is 10.6. The zero-order chi connectivity index (χ0) is 22.5. The summed E-state index contributed by atoms with van der Waals surface area (Å²) in [5.41, 5.74) is 8.99. The van der Waals surface area contributed by atoms with Crippen molar-refractivity contribution in [3.05, 3.63) is 47.3 Å². The lowest BCUT2D eigenvalue weighted by atomic mass is 9.97. The van der Waals surface area contributed by atoms with Crippen LogP contribution in [-0.4, -0.2) is 26.8 Å². The van der Waals surface area contributed by atoms with E-state index in [4.69, 9.17) is 10.3 Å². The van der Waals surface area contributed by atoms with Crippen molar-refractivity contribution >= 4 is 17.7 Å².